The third kappa shape index (κ3) is 4.44. The van der Waals surface area contributed by atoms with Crippen LogP contribution in [0.2, 0.25) is 0 Å². The van der Waals surface area contributed by atoms with Gasteiger partial charge in [-0.2, -0.15) is 0 Å². The number of fused-ring (bicyclic) bond motifs is 9. The fourth-order valence-corrected chi connectivity index (χ4v) is 7.45. The molecule has 0 fully saturated rings. The summed E-state index contributed by atoms with van der Waals surface area (Å²) in [5.41, 5.74) is 6.37. The van der Waals surface area contributed by atoms with Gasteiger partial charge in [0, 0.05) is 22.1 Å². The molecular weight excluding hydrogens is 641 g/mol. The molecule has 0 aliphatic rings. The van der Waals surface area contributed by atoms with Crippen molar-refractivity contribution in [1.29, 1.82) is 0 Å². The predicted octanol–water partition coefficient (Wildman–Crippen LogP) is 12.0. The summed E-state index contributed by atoms with van der Waals surface area (Å²) in [5.74, 6) is 2.27. The second-order valence-electron chi connectivity index (χ2n) is 13.0. The van der Waals surface area contributed by atoms with Gasteiger partial charge in [0.15, 0.2) is 23.1 Å². The SMILES string of the molecule is c1ccc(-c2nc(-c3ccc4ccc5ccccc5c4c3)nc(-c3c4ccccc4cc4c3oc3ccc5oc(-c6ccccc6)nc5c34)n2)cc1. The van der Waals surface area contributed by atoms with Gasteiger partial charge in [-0.15, -0.1) is 0 Å². The highest BCUT2D eigenvalue weighted by Crippen LogP contribution is 2.43. The molecule has 0 saturated carbocycles. The summed E-state index contributed by atoms with van der Waals surface area (Å²) in [6, 6.07) is 53.6. The lowest BCUT2D eigenvalue weighted by molar-refractivity contribution is 0.619. The molecule has 0 aliphatic carbocycles. The van der Waals surface area contributed by atoms with Crippen molar-refractivity contribution in [3.05, 3.63) is 158 Å². The highest BCUT2D eigenvalue weighted by Gasteiger charge is 2.23. The van der Waals surface area contributed by atoms with Gasteiger partial charge < -0.3 is 8.83 Å². The van der Waals surface area contributed by atoms with E-state index in [0.717, 1.165) is 60.1 Å². The molecule has 0 unspecified atom stereocenters. The van der Waals surface area contributed by atoms with Crippen molar-refractivity contribution in [3.8, 4) is 45.6 Å². The quantitative estimate of drug-likeness (QED) is 0.174. The standard InChI is InChI=1S/C46H26N4O2/c1-3-12-29(13-4-1)43-48-44(32-22-21-28-20-19-27-11-7-9-17-33(27)35(28)26-32)50-45(49-43)40-34-18-10-8-16-31(34)25-36-39-37(51-42(36)40)23-24-38-41(39)47-46(52-38)30-14-5-2-6-15-30/h1-26H. The summed E-state index contributed by atoms with van der Waals surface area (Å²) >= 11 is 0. The Hall–Kier alpha value is -7.18. The molecular formula is C46H26N4O2. The van der Waals surface area contributed by atoms with E-state index in [-0.39, 0.29) is 0 Å². The number of hydrogen-bond acceptors (Lipinski definition) is 6. The Morgan fingerprint density at radius 2 is 0.981 bits per heavy atom. The van der Waals surface area contributed by atoms with Crippen LogP contribution in [0.25, 0.3) is 111 Å². The van der Waals surface area contributed by atoms with Crippen LogP contribution in [-0.2, 0) is 0 Å². The molecule has 0 N–H and O–H groups in total. The van der Waals surface area contributed by atoms with E-state index in [9.17, 15) is 0 Å². The Morgan fingerprint density at radius 3 is 1.79 bits per heavy atom. The van der Waals surface area contributed by atoms with E-state index in [0.29, 0.717) is 40.1 Å². The van der Waals surface area contributed by atoms with E-state index < -0.39 is 0 Å². The number of oxazole rings is 1. The zero-order valence-electron chi connectivity index (χ0n) is 27.6. The summed E-state index contributed by atoms with van der Waals surface area (Å²) in [7, 11) is 0. The van der Waals surface area contributed by atoms with E-state index >= 15 is 0 Å². The van der Waals surface area contributed by atoms with Gasteiger partial charge in [-0.3, -0.25) is 0 Å². The van der Waals surface area contributed by atoms with Gasteiger partial charge in [-0.25, -0.2) is 19.9 Å². The first-order valence-corrected chi connectivity index (χ1v) is 17.2. The molecule has 0 bridgehead atoms. The normalized spacial score (nSPS) is 11.8. The van der Waals surface area contributed by atoms with Crippen LogP contribution < -0.4 is 0 Å². The molecule has 0 aliphatic heterocycles. The third-order valence-corrected chi connectivity index (χ3v) is 9.92. The van der Waals surface area contributed by atoms with Crippen molar-refractivity contribution in [1.82, 2.24) is 19.9 Å². The molecule has 3 heterocycles. The number of aromatic nitrogens is 4. The molecule has 0 spiro atoms. The Balaban J connectivity index is 1.20. The maximum atomic E-state index is 6.78. The summed E-state index contributed by atoms with van der Waals surface area (Å²) in [5, 5.41) is 8.52. The highest BCUT2D eigenvalue weighted by atomic mass is 16.4. The molecule has 8 aromatic carbocycles. The van der Waals surface area contributed by atoms with E-state index in [1.807, 2.05) is 84.9 Å². The van der Waals surface area contributed by atoms with Crippen LogP contribution in [-0.4, -0.2) is 19.9 Å². The van der Waals surface area contributed by atoms with E-state index in [4.69, 9.17) is 28.8 Å². The van der Waals surface area contributed by atoms with Gasteiger partial charge in [0.1, 0.15) is 16.7 Å². The lowest BCUT2D eigenvalue weighted by Crippen LogP contribution is -2.01. The number of hydrogen-bond donors (Lipinski definition) is 0. The van der Waals surface area contributed by atoms with Crippen molar-refractivity contribution in [3.63, 3.8) is 0 Å². The minimum atomic E-state index is 0.532. The monoisotopic (exact) mass is 666 g/mol. The van der Waals surface area contributed by atoms with Crippen LogP contribution in [0.15, 0.2) is 167 Å². The van der Waals surface area contributed by atoms with Crippen molar-refractivity contribution in [2.45, 2.75) is 0 Å². The first-order chi connectivity index (χ1) is 25.7. The van der Waals surface area contributed by atoms with Crippen LogP contribution in [0.3, 0.4) is 0 Å². The average molecular weight is 667 g/mol. The lowest BCUT2D eigenvalue weighted by Gasteiger charge is -2.12. The molecule has 6 nitrogen and oxygen atoms in total. The van der Waals surface area contributed by atoms with Crippen molar-refractivity contribution in [2.75, 3.05) is 0 Å². The van der Waals surface area contributed by atoms with Gasteiger partial charge in [0.2, 0.25) is 5.89 Å². The zero-order chi connectivity index (χ0) is 34.2. The molecule has 0 atom stereocenters. The van der Waals surface area contributed by atoms with Gasteiger partial charge >= 0.3 is 0 Å². The molecule has 52 heavy (non-hydrogen) atoms. The Labute approximate surface area is 296 Å². The van der Waals surface area contributed by atoms with E-state index in [1.54, 1.807) is 0 Å². The topological polar surface area (TPSA) is 77.8 Å². The fourth-order valence-electron chi connectivity index (χ4n) is 7.45. The van der Waals surface area contributed by atoms with Crippen LogP contribution >= 0.6 is 0 Å². The van der Waals surface area contributed by atoms with Gasteiger partial charge in [0.05, 0.1) is 10.9 Å². The predicted molar refractivity (Wildman–Crippen MR) is 209 cm³/mol. The smallest absolute Gasteiger partial charge is 0.227 e. The number of furan rings is 1. The third-order valence-electron chi connectivity index (χ3n) is 9.92. The number of benzene rings is 8. The molecule has 11 aromatic rings. The van der Waals surface area contributed by atoms with Crippen LogP contribution in [0, 0.1) is 0 Å². The molecule has 6 heteroatoms. The van der Waals surface area contributed by atoms with E-state index in [2.05, 4.69) is 72.8 Å². The van der Waals surface area contributed by atoms with Crippen LogP contribution in [0.4, 0.5) is 0 Å². The molecule has 242 valence electrons. The Kier molecular flexibility index (Phi) is 6.15. The molecule has 0 radical (unpaired) electrons. The first kappa shape index (κ1) is 28.6. The summed E-state index contributed by atoms with van der Waals surface area (Å²) in [6.07, 6.45) is 0. The lowest BCUT2D eigenvalue weighted by atomic mass is 9.98. The van der Waals surface area contributed by atoms with Crippen LogP contribution in [0.1, 0.15) is 0 Å². The summed E-state index contributed by atoms with van der Waals surface area (Å²) in [4.78, 5) is 20.5. The molecule has 11 rings (SSSR count). The number of nitrogens with zero attached hydrogens (tertiary/aromatic N) is 4. The summed E-state index contributed by atoms with van der Waals surface area (Å²) < 4.78 is 13.1. The average Bonchev–Trinajstić information content (AvgIpc) is 3.82. The minimum Gasteiger partial charge on any atom is -0.455 e. The van der Waals surface area contributed by atoms with Gasteiger partial charge in [-0.1, -0.05) is 121 Å². The molecule has 3 aromatic heterocycles. The maximum absolute atomic E-state index is 6.78. The second-order valence-corrected chi connectivity index (χ2v) is 13.0. The first-order valence-electron chi connectivity index (χ1n) is 17.2. The second kappa shape index (κ2) is 11.2. The van der Waals surface area contributed by atoms with Gasteiger partial charge in [0.25, 0.3) is 0 Å². The Bertz CT molecular complexity index is 3180. The van der Waals surface area contributed by atoms with Crippen LogP contribution in [0.5, 0.6) is 0 Å². The zero-order valence-corrected chi connectivity index (χ0v) is 27.6. The largest absolute Gasteiger partial charge is 0.455 e. The fraction of sp³-hybridized carbons (Fsp3) is 0. The molecule has 0 saturated heterocycles. The van der Waals surface area contributed by atoms with Crippen molar-refractivity contribution < 1.29 is 8.83 Å². The molecule has 0 amide bonds. The maximum Gasteiger partial charge on any atom is 0.227 e. The number of rotatable bonds is 4. The summed E-state index contributed by atoms with van der Waals surface area (Å²) in [6.45, 7) is 0. The Morgan fingerprint density at radius 1 is 0.365 bits per heavy atom. The minimum absolute atomic E-state index is 0.532. The van der Waals surface area contributed by atoms with Gasteiger partial charge in [-0.05, 0) is 68.7 Å². The van der Waals surface area contributed by atoms with E-state index in [1.165, 1.54) is 10.8 Å². The van der Waals surface area contributed by atoms with Crippen molar-refractivity contribution >= 4 is 65.4 Å². The van der Waals surface area contributed by atoms with Crippen molar-refractivity contribution in [2.24, 2.45) is 0 Å². The highest BCUT2D eigenvalue weighted by molar-refractivity contribution is 6.23.